The molecule has 0 saturated carbocycles. The number of aromatic nitrogens is 1. The van der Waals surface area contributed by atoms with Gasteiger partial charge in [0.15, 0.2) is 11.5 Å². The summed E-state index contributed by atoms with van der Waals surface area (Å²) in [4.78, 5) is 19.4. The summed E-state index contributed by atoms with van der Waals surface area (Å²) < 4.78 is 11.1. The zero-order valence-electron chi connectivity index (χ0n) is 16.3. The summed E-state index contributed by atoms with van der Waals surface area (Å²) in [5.74, 6) is 1.26. The predicted octanol–water partition coefficient (Wildman–Crippen LogP) is 3.87. The second-order valence-electron chi connectivity index (χ2n) is 6.82. The minimum absolute atomic E-state index is 0.0342. The SMILES string of the molecule is CCCN1Cc2nc3c(-c4cccc(OC)c4OC)cccc3c(N)c2C1=O. The molecular weight excluding hydrogens is 354 g/mol. The summed E-state index contributed by atoms with van der Waals surface area (Å²) in [7, 11) is 3.23. The van der Waals surface area contributed by atoms with Crippen molar-refractivity contribution >= 4 is 22.5 Å². The van der Waals surface area contributed by atoms with Crippen LogP contribution in [0.5, 0.6) is 11.5 Å². The van der Waals surface area contributed by atoms with Gasteiger partial charge < -0.3 is 20.1 Å². The topological polar surface area (TPSA) is 77.7 Å². The molecule has 1 aliphatic rings. The number of carbonyl (C=O) groups excluding carboxylic acids is 1. The Hall–Kier alpha value is -3.28. The third-order valence-corrected chi connectivity index (χ3v) is 5.16. The van der Waals surface area contributed by atoms with Crippen LogP contribution < -0.4 is 15.2 Å². The number of nitrogen functional groups attached to an aromatic ring is 1. The lowest BCUT2D eigenvalue weighted by molar-refractivity contribution is 0.0779. The zero-order chi connectivity index (χ0) is 19.8. The van der Waals surface area contributed by atoms with Crippen LogP contribution in [0.2, 0.25) is 0 Å². The van der Waals surface area contributed by atoms with Gasteiger partial charge in [-0.25, -0.2) is 4.98 Å². The van der Waals surface area contributed by atoms with Crippen LogP contribution in [0.4, 0.5) is 5.69 Å². The summed E-state index contributed by atoms with van der Waals surface area (Å²) in [6.07, 6.45) is 0.894. The van der Waals surface area contributed by atoms with E-state index in [0.29, 0.717) is 35.8 Å². The average molecular weight is 377 g/mol. The molecule has 0 fully saturated rings. The molecular formula is C22H23N3O3. The van der Waals surface area contributed by atoms with Crippen LogP contribution in [-0.2, 0) is 6.54 Å². The summed E-state index contributed by atoms with van der Waals surface area (Å²) >= 11 is 0. The van der Waals surface area contributed by atoms with Crippen molar-refractivity contribution in [1.29, 1.82) is 0 Å². The number of nitrogens with two attached hydrogens (primary N) is 1. The molecule has 0 aliphatic carbocycles. The molecule has 4 rings (SSSR count). The van der Waals surface area contributed by atoms with E-state index in [-0.39, 0.29) is 5.91 Å². The first kappa shape index (κ1) is 18.1. The molecule has 1 amide bonds. The van der Waals surface area contributed by atoms with Gasteiger partial charge in [-0.05, 0) is 12.5 Å². The normalized spacial score (nSPS) is 13.1. The van der Waals surface area contributed by atoms with Crippen molar-refractivity contribution in [3.05, 3.63) is 47.7 Å². The smallest absolute Gasteiger partial charge is 0.258 e. The highest BCUT2D eigenvalue weighted by atomic mass is 16.5. The van der Waals surface area contributed by atoms with Crippen molar-refractivity contribution in [3.63, 3.8) is 0 Å². The first-order valence-corrected chi connectivity index (χ1v) is 9.32. The van der Waals surface area contributed by atoms with Gasteiger partial charge in [0.25, 0.3) is 5.91 Å². The van der Waals surface area contributed by atoms with Gasteiger partial charge in [-0.1, -0.05) is 37.3 Å². The number of hydrogen-bond acceptors (Lipinski definition) is 5. The fourth-order valence-electron chi connectivity index (χ4n) is 3.89. The Labute approximate surface area is 163 Å². The number of hydrogen-bond donors (Lipinski definition) is 1. The number of benzene rings is 2. The summed E-state index contributed by atoms with van der Waals surface area (Å²) in [6, 6.07) is 11.6. The molecule has 0 bridgehead atoms. The summed E-state index contributed by atoms with van der Waals surface area (Å²) in [5.41, 5.74) is 10.7. The third kappa shape index (κ3) is 2.64. The van der Waals surface area contributed by atoms with Crippen LogP contribution in [0.1, 0.15) is 29.4 Å². The molecule has 2 N–H and O–H groups in total. The second kappa shape index (κ2) is 7.03. The molecule has 6 nitrogen and oxygen atoms in total. The van der Waals surface area contributed by atoms with Crippen LogP contribution in [-0.4, -0.2) is 36.6 Å². The predicted molar refractivity (Wildman–Crippen MR) is 110 cm³/mol. The van der Waals surface area contributed by atoms with E-state index < -0.39 is 0 Å². The first-order valence-electron chi connectivity index (χ1n) is 9.32. The van der Waals surface area contributed by atoms with Gasteiger partial charge in [0.05, 0.1) is 43.2 Å². The average Bonchev–Trinajstić information content (AvgIpc) is 3.03. The Balaban J connectivity index is 1.96. The molecule has 0 unspecified atom stereocenters. The number of rotatable bonds is 5. The van der Waals surface area contributed by atoms with E-state index in [9.17, 15) is 4.79 Å². The van der Waals surface area contributed by atoms with E-state index in [4.69, 9.17) is 20.2 Å². The highest BCUT2D eigenvalue weighted by molar-refractivity contribution is 6.11. The van der Waals surface area contributed by atoms with Crippen LogP contribution in [0.15, 0.2) is 36.4 Å². The fraction of sp³-hybridized carbons (Fsp3) is 0.273. The lowest BCUT2D eigenvalue weighted by Crippen LogP contribution is -2.24. The maximum Gasteiger partial charge on any atom is 0.258 e. The molecule has 0 radical (unpaired) electrons. The Kier molecular flexibility index (Phi) is 4.55. The molecule has 28 heavy (non-hydrogen) atoms. The van der Waals surface area contributed by atoms with Crippen molar-refractivity contribution in [2.75, 3.05) is 26.5 Å². The fourth-order valence-corrected chi connectivity index (χ4v) is 3.89. The molecule has 3 aromatic rings. The van der Waals surface area contributed by atoms with Crippen LogP contribution >= 0.6 is 0 Å². The summed E-state index contributed by atoms with van der Waals surface area (Å²) in [5, 5.41) is 0.771. The maximum atomic E-state index is 12.8. The largest absolute Gasteiger partial charge is 0.493 e. The van der Waals surface area contributed by atoms with E-state index in [2.05, 4.69) is 6.92 Å². The zero-order valence-corrected chi connectivity index (χ0v) is 16.3. The summed E-state index contributed by atoms with van der Waals surface area (Å²) in [6.45, 7) is 3.24. The van der Waals surface area contributed by atoms with E-state index in [0.717, 1.165) is 34.1 Å². The van der Waals surface area contributed by atoms with Gasteiger partial charge in [0, 0.05) is 23.1 Å². The Morgan fingerprint density at radius 2 is 1.86 bits per heavy atom. The molecule has 2 aromatic carbocycles. The van der Waals surface area contributed by atoms with Crippen LogP contribution in [0, 0.1) is 0 Å². The van der Waals surface area contributed by atoms with Crippen LogP contribution in [0.3, 0.4) is 0 Å². The highest BCUT2D eigenvalue weighted by Gasteiger charge is 2.32. The van der Waals surface area contributed by atoms with Gasteiger partial charge in [-0.3, -0.25) is 4.79 Å². The Bertz CT molecular complexity index is 1080. The van der Waals surface area contributed by atoms with Crippen molar-refractivity contribution in [1.82, 2.24) is 9.88 Å². The van der Waals surface area contributed by atoms with Crippen molar-refractivity contribution in [3.8, 4) is 22.6 Å². The lowest BCUT2D eigenvalue weighted by atomic mass is 9.98. The van der Waals surface area contributed by atoms with Gasteiger partial charge in [0.2, 0.25) is 0 Å². The van der Waals surface area contributed by atoms with E-state index in [1.54, 1.807) is 19.1 Å². The number of nitrogens with zero attached hydrogens (tertiary/aromatic N) is 2. The van der Waals surface area contributed by atoms with Crippen molar-refractivity contribution in [2.24, 2.45) is 0 Å². The Morgan fingerprint density at radius 1 is 1.11 bits per heavy atom. The molecule has 1 aromatic heterocycles. The highest BCUT2D eigenvalue weighted by Crippen LogP contribution is 2.42. The number of carbonyl (C=O) groups is 1. The number of para-hydroxylation sites is 2. The standard InChI is InChI=1S/C22H23N3O3/c1-4-11-25-12-16-18(22(25)26)19(23)15-9-5-7-13(20(15)24-16)14-8-6-10-17(27-2)21(14)28-3/h5-10H,4,11-12H2,1-3H3,(H2,23,24). The van der Waals surface area contributed by atoms with Gasteiger partial charge in [0.1, 0.15) is 0 Å². The molecule has 0 atom stereocenters. The third-order valence-electron chi connectivity index (χ3n) is 5.16. The van der Waals surface area contributed by atoms with Gasteiger partial charge in [-0.15, -0.1) is 0 Å². The monoisotopic (exact) mass is 377 g/mol. The minimum atomic E-state index is -0.0342. The number of anilines is 1. The maximum absolute atomic E-state index is 12.8. The van der Waals surface area contributed by atoms with Crippen molar-refractivity contribution < 1.29 is 14.3 Å². The molecule has 144 valence electrons. The second-order valence-corrected chi connectivity index (χ2v) is 6.82. The number of methoxy groups -OCH3 is 2. The lowest BCUT2D eigenvalue weighted by Gasteiger charge is -2.15. The van der Waals surface area contributed by atoms with E-state index >= 15 is 0 Å². The molecule has 0 spiro atoms. The van der Waals surface area contributed by atoms with E-state index in [1.165, 1.54) is 0 Å². The number of ether oxygens (including phenoxy) is 2. The first-order chi connectivity index (χ1) is 13.6. The molecule has 0 saturated heterocycles. The minimum Gasteiger partial charge on any atom is -0.493 e. The molecule has 6 heteroatoms. The number of pyridine rings is 1. The van der Waals surface area contributed by atoms with Gasteiger partial charge >= 0.3 is 0 Å². The molecule has 2 heterocycles. The molecule has 1 aliphatic heterocycles. The quantitative estimate of drug-likeness (QED) is 0.730. The van der Waals surface area contributed by atoms with Gasteiger partial charge in [-0.2, -0.15) is 0 Å². The number of amides is 1. The van der Waals surface area contributed by atoms with E-state index in [1.807, 2.05) is 36.4 Å². The Morgan fingerprint density at radius 3 is 2.57 bits per heavy atom. The van der Waals surface area contributed by atoms with Crippen molar-refractivity contribution in [2.45, 2.75) is 19.9 Å². The number of fused-ring (bicyclic) bond motifs is 2. The van der Waals surface area contributed by atoms with Crippen LogP contribution in [0.25, 0.3) is 22.0 Å².